The molecule has 0 aliphatic carbocycles. The number of carbonyl (C=O) groups is 2. The van der Waals surface area contributed by atoms with E-state index in [1.54, 1.807) is 6.07 Å². The van der Waals surface area contributed by atoms with Gasteiger partial charge in [-0.2, -0.15) is 0 Å². The molecule has 1 aliphatic rings. The van der Waals surface area contributed by atoms with Gasteiger partial charge in [-0.05, 0) is 40.9 Å². The van der Waals surface area contributed by atoms with E-state index in [0.717, 1.165) is 0 Å². The van der Waals surface area contributed by atoms with Crippen LogP contribution in [0.15, 0.2) is 22.7 Å². The monoisotopic (exact) mass is 344 g/mol. The number of likely N-dealkylation sites (tertiary alicyclic amines) is 1. The lowest BCUT2D eigenvalue weighted by Gasteiger charge is -2.30. The van der Waals surface area contributed by atoms with Crippen molar-refractivity contribution in [3.8, 4) is 0 Å². The lowest BCUT2D eigenvalue weighted by Crippen LogP contribution is -2.42. The Kier molecular flexibility index (Phi) is 4.59. The van der Waals surface area contributed by atoms with E-state index in [9.17, 15) is 14.0 Å². The summed E-state index contributed by atoms with van der Waals surface area (Å²) in [5.41, 5.74) is 0.0952. The van der Waals surface area contributed by atoms with Gasteiger partial charge in [-0.1, -0.05) is 6.07 Å². The summed E-state index contributed by atoms with van der Waals surface area (Å²) in [6.07, 6.45) is 0.836. The SMILES string of the molecule is O=C(O)C1CCN(C(=O)Nc2c(F)cccc2Br)CC1. The molecule has 0 radical (unpaired) electrons. The van der Waals surface area contributed by atoms with Gasteiger partial charge >= 0.3 is 12.0 Å². The zero-order chi connectivity index (χ0) is 14.7. The van der Waals surface area contributed by atoms with E-state index < -0.39 is 23.7 Å². The molecule has 0 saturated carbocycles. The number of hydrogen-bond donors (Lipinski definition) is 2. The summed E-state index contributed by atoms with van der Waals surface area (Å²) < 4.78 is 14.1. The van der Waals surface area contributed by atoms with Crippen LogP contribution in [0.1, 0.15) is 12.8 Å². The minimum Gasteiger partial charge on any atom is -0.481 e. The van der Waals surface area contributed by atoms with Crippen LogP contribution in [0.25, 0.3) is 0 Å². The second-order valence-corrected chi connectivity index (χ2v) is 5.48. The number of rotatable bonds is 2. The van der Waals surface area contributed by atoms with Crippen LogP contribution in [0.3, 0.4) is 0 Å². The number of carboxylic acids is 1. The predicted octanol–water partition coefficient (Wildman–Crippen LogP) is 2.92. The van der Waals surface area contributed by atoms with E-state index in [1.807, 2.05) is 0 Å². The quantitative estimate of drug-likeness (QED) is 0.866. The summed E-state index contributed by atoms with van der Waals surface area (Å²) in [5.74, 6) is -1.76. The van der Waals surface area contributed by atoms with Crippen molar-refractivity contribution in [2.45, 2.75) is 12.8 Å². The number of nitrogens with one attached hydrogen (secondary N) is 1. The van der Waals surface area contributed by atoms with E-state index >= 15 is 0 Å². The molecule has 1 saturated heterocycles. The second kappa shape index (κ2) is 6.21. The maximum atomic E-state index is 13.6. The predicted molar refractivity (Wildman–Crippen MR) is 75.1 cm³/mol. The zero-order valence-corrected chi connectivity index (χ0v) is 12.2. The number of piperidine rings is 1. The molecule has 20 heavy (non-hydrogen) atoms. The molecule has 1 heterocycles. The third kappa shape index (κ3) is 3.27. The van der Waals surface area contributed by atoms with Gasteiger partial charge in [-0.3, -0.25) is 4.79 Å². The first-order chi connectivity index (χ1) is 9.49. The van der Waals surface area contributed by atoms with Crippen molar-refractivity contribution in [3.63, 3.8) is 0 Å². The van der Waals surface area contributed by atoms with Crippen molar-refractivity contribution in [2.75, 3.05) is 18.4 Å². The highest BCUT2D eigenvalue weighted by Crippen LogP contribution is 2.26. The molecular weight excluding hydrogens is 331 g/mol. The number of anilines is 1. The lowest BCUT2D eigenvalue weighted by atomic mass is 9.97. The first-order valence-electron chi connectivity index (χ1n) is 6.22. The zero-order valence-electron chi connectivity index (χ0n) is 10.6. The first kappa shape index (κ1) is 14.8. The molecule has 1 aromatic rings. The highest BCUT2D eigenvalue weighted by atomic mass is 79.9. The number of carboxylic acid groups (broad SMARTS) is 1. The molecule has 0 atom stereocenters. The largest absolute Gasteiger partial charge is 0.481 e. The van der Waals surface area contributed by atoms with E-state index in [0.29, 0.717) is 30.4 Å². The number of amides is 2. The molecule has 0 spiro atoms. The molecule has 1 aliphatic heterocycles. The summed E-state index contributed by atoms with van der Waals surface area (Å²) in [6.45, 7) is 0.712. The van der Waals surface area contributed by atoms with Crippen LogP contribution in [0.2, 0.25) is 0 Å². The molecule has 0 bridgehead atoms. The van der Waals surface area contributed by atoms with Gasteiger partial charge in [-0.15, -0.1) is 0 Å². The number of nitrogens with zero attached hydrogens (tertiary/aromatic N) is 1. The van der Waals surface area contributed by atoms with E-state index in [1.165, 1.54) is 17.0 Å². The second-order valence-electron chi connectivity index (χ2n) is 4.63. The van der Waals surface area contributed by atoms with E-state index in [-0.39, 0.29) is 5.69 Å². The van der Waals surface area contributed by atoms with Gasteiger partial charge in [0.15, 0.2) is 0 Å². The Hall–Kier alpha value is -1.63. The average molecular weight is 345 g/mol. The van der Waals surface area contributed by atoms with Crippen molar-refractivity contribution in [1.29, 1.82) is 0 Å². The van der Waals surface area contributed by atoms with Crippen molar-refractivity contribution >= 4 is 33.6 Å². The molecule has 2 N–H and O–H groups in total. The van der Waals surface area contributed by atoms with Crippen LogP contribution in [0, 0.1) is 11.7 Å². The Morgan fingerprint density at radius 1 is 1.35 bits per heavy atom. The molecule has 2 rings (SSSR count). The van der Waals surface area contributed by atoms with Crippen LogP contribution in [-0.4, -0.2) is 35.1 Å². The number of urea groups is 1. The van der Waals surface area contributed by atoms with Crippen molar-refractivity contribution in [3.05, 3.63) is 28.5 Å². The normalized spacial score (nSPS) is 16.0. The Morgan fingerprint density at radius 2 is 2.00 bits per heavy atom. The van der Waals surface area contributed by atoms with Crippen molar-refractivity contribution in [1.82, 2.24) is 4.90 Å². The maximum absolute atomic E-state index is 13.6. The molecular formula is C13H14BrFN2O3. The molecule has 1 fully saturated rings. The molecule has 1 aromatic carbocycles. The number of halogens is 2. The summed E-state index contributed by atoms with van der Waals surface area (Å²) in [6, 6.07) is 4.01. The molecule has 7 heteroatoms. The topological polar surface area (TPSA) is 69.6 Å². The van der Waals surface area contributed by atoms with Gasteiger partial charge in [0.25, 0.3) is 0 Å². The van der Waals surface area contributed by atoms with Crippen LogP contribution in [0.5, 0.6) is 0 Å². The first-order valence-corrected chi connectivity index (χ1v) is 7.01. The summed E-state index contributed by atoms with van der Waals surface area (Å²) in [5, 5.41) is 11.4. The lowest BCUT2D eigenvalue weighted by molar-refractivity contribution is -0.143. The fourth-order valence-electron chi connectivity index (χ4n) is 2.13. The summed E-state index contributed by atoms with van der Waals surface area (Å²) >= 11 is 3.18. The summed E-state index contributed by atoms with van der Waals surface area (Å²) in [7, 11) is 0. The fraction of sp³-hybridized carbons (Fsp3) is 0.385. The highest BCUT2D eigenvalue weighted by molar-refractivity contribution is 9.10. The van der Waals surface area contributed by atoms with Crippen molar-refractivity contribution < 1.29 is 19.1 Å². The summed E-state index contributed by atoms with van der Waals surface area (Å²) in [4.78, 5) is 24.4. The van der Waals surface area contributed by atoms with Gasteiger partial charge in [0.05, 0.1) is 11.6 Å². The van der Waals surface area contributed by atoms with Gasteiger partial charge in [-0.25, -0.2) is 9.18 Å². The van der Waals surface area contributed by atoms with Crippen LogP contribution >= 0.6 is 15.9 Å². The smallest absolute Gasteiger partial charge is 0.321 e. The highest BCUT2D eigenvalue weighted by Gasteiger charge is 2.27. The third-order valence-corrected chi connectivity index (χ3v) is 3.99. The molecule has 5 nitrogen and oxygen atoms in total. The van der Waals surface area contributed by atoms with Crippen LogP contribution in [-0.2, 0) is 4.79 Å². The van der Waals surface area contributed by atoms with E-state index in [2.05, 4.69) is 21.2 Å². The van der Waals surface area contributed by atoms with Crippen LogP contribution in [0.4, 0.5) is 14.9 Å². The Labute approximate surface area is 123 Å². The number of carbonyl (C=O) groups excluding carboxylic acids is 1. The van der Waals surface area contributed by atoms with Crippen LogP contribution < -0.4 is 5.32 Å². The minimum atomic E-state index is -0.832. The van der Waals surface area contributed by atoms with Crippen molar-refractivity contribution in [2.24, 2.45) is 5.92 Å². The molecule has 0 aromatic heterocycles. The number of benzene rings is 1. The Morgan fingerprint density at radius 3 is 2.55 bits per heavy atom. The van der Waals surface area contributed by atoms with Gasteiger partial charge < -0.3 is 15.3 Å². The van der Waals surface area contributed by atoms with Gasteiger partial charge in [0.1, 0.15) is 5.82 Å². The number of para-hydroxylation sites is 1. The van der Waals surface area contributed by atoms with E-state index in [4.69, 9.17) is 5.11 Å². The Bertz CT molecular complexity index is 510. The number of hydrogen-bond acceptors (Lipinski definition) is 2. The third-order valence-electron chi connectivity index (χ3n) is 3.33. The number of aliphatic carboxylic acids is 1. The molecule has 108 valence electrons. The fourth-order valence-corrected chi connectivity index (χ4v) is 2.57. The standard InChI is InChI=1S/C13H14BrFN2O3/c14-9-2-1-3-10(15)11(9)16-13(20)17-6-4-8(5-7-17)12(18)19/h1-3,8H,4-7H2,(H,16,20)(H,18,19). The van der Waals surface area contributed by atoms with Gasteiger partial charge in [0, 0.05) is 17.6 Å². The average Bonchev–Trinajstić information content (AvgIpc) is 2.43. The maximum Gasteiger partial charge on any atom is 0.321 e. The Balaban J connectivity index is 1.98. The minimum absolute atomic E-state index is 0.0952. The van der Waals surface area contributed by atoms with Gasteiger partial charge in [0.2, 0.25) is 0 Å². The molecule has 2 amide bonds. The molecule has 0 unspecified atom stereocenters.